The minimum Gasteiger partial charge on any atom is -0.480 e. The molecule has 1 fully saturated rings. The van der Waals surface area contributed by atoms with Crippen molar-refractivity contribution in [1.29, 1.82) is 0 Å². The fraction of sp³-hybridized carbons (Fsp3) is 0.500. The molecule has 3 aromatic rings. The highest BCUT2D eigenvalue weighted by Crippen LogP contribution is 2.29. The lowest BCUT2D eigenvalue weighted by Gasteiger charge is -2.29. The van der Waals surface area contributed by atoms with E-state index in [4.69, 9.17) is 16.3 Å². The van der Waals surface area contributed by atoms with E-state index in [1.165, 1.54) is 22.9 Å². The monoisotopic (exact) mass is 522 g/mol. The lowest BCUT2D eigenvalue weighted by Crippen LogP contribution is -2.51. The Morgan fingerprint density at radius 3 is 2.76 bits per heavy atom. The van der Waals surface area contributed by atoms with Crippen LogP contribution in [0.15, 0.2) is 24.4 Å². The SMILES string of the molecule is COc1cc(-c2cn(C3CCCN(C(=O)[C@H](NC(=O)c4ccc(Cl)s4)C(C)C)CC3)nn2)sn1. The first kappa shape index (κ1) is 24.6. The number of rotatable bonds is 7. The number of halogens is 1. The summed E-state index contributed by atoms with van der Waals surface area (Å²) in [5.74, 6) is 0.196. The molecule has 0 aromatic carbocycles. The maximum atomic E-state index is 13.4. The van der Waals surface area contributed by atoms with Gasteiger partial charge in [-0.3, -0.25) is 9.59 Å². The molecule has 4 heterocycles. The molecule has 0 radical (unpaired) electrons. The van der Waals surface area contributed by atoms with Gasteiger partial charge >= 0.3 is 0 Å². The van der Waals surface area contributed by atoms with Crippen molar-refractivity contribution in [3.8, 4) is 16.5 Å². The smallest absolute Gasteiger partial charge is 0.262 e. The van der Waals surface area contributed by atoms with E-state index >= 15 is 0 Å². The van der Waals surface area contributed by atoms with Crippen molar-refractivity contribution < 1.29 is 14.3 Å². The van der Waals surface area contributed by atoms with E-state index in [0.717, 1.165) is 29.8 Å². The Kier molecular flexibility index (Phi) is 7.84. The number of methoxy groups -OCH3 is 1. The number of hydrogen-bond donors (Lipinski definition) is 1. The molecule has 2 amide bonds. The van der Waals surface area contributed by atoms with Gasteiger partial charge in [-0.05, 0) is 48.8 Å². The summed E-state index contributed by atoms with van der Waals surface area (Å²) in [6.07, 6.45) is 4.43. The molecule has 182 valence electrons. The summed E-state index contributed by atoms with van der Waals surface area (Å²) < 4.78 is 11.8. The Bertz CT molecular complexity index is 1140. The maximum absolute atomic E-state index is 13.4. The van der Waals surface area contributed by atoms with Crippen LogP contribution in [0.4, 0.5) is 0 Å². The van der Waals surface area contributed by atoms with Crippen molar-refractivity contribution >= 4 is 46.3 Å². The quantitative estimate of drug-likeness (QED) is 0.500. The van der Waals surface area contributed by atoms with Gasteiger partial charge in [0.05, 0.1) is 33.4 Å². The summed E-state index contributed by atoms with van der Waals surface area (Å²) in [4.78, 5) is 29.3. The first-order chi connectivity index (χ1) is 16.4. The number of amides is 2. The first-order valence-electron chi connectivity index (χ1n) is 11.1. The number of hydrogen-bond acceptors (Lipinski definition) is 8. The molecule has 12 heteroatoms. The number of ether oxygens (including phenoxy) is 1. The van der Waals surface area contributed by atoms with E-state index in [9.17, 15) is 9.59 Å². The third-order valence-electron chi connectivity index (χ3n) is 5.86. The van der Waals surface area contributed by atoms with Crippen LogP contribution in [0, 0.1) is 5.92 Å². The van der Waals surface area contributed by atoms with Crippen LogP contribution >= 0.6 is 34.5 Å². The highest BCUT2D eigenvalue weighted by atomic mass is 35.5. The number of nitrogens with zero attached hydrogens (tertiary/aromatic N) is 5. The standard InChI is InChI=1S/C22H27ClN6O3S2/c1-13(2)20(24-21(30)16-6-7-18(23)33-16)22(31)28-9-4-5-14(8-10-28)29-12-15(25-27-29)17-11-19(32-3)26-34-17/h6-7,11-14,20H,4-5,8-10H2,1-3H3,(H,24,30)/t14?,20-/m1/s1. The van der Waals surface area contributed by atoms with Gasteiger partial charge in [0, 0.05) is 19.2 Å². The molecule has 1 unspecified atom stereocenters. The van der Waals surface area contributed by atoms with Crippen molar-refractivity contribution in [3.05, 3.63) is 33.6 Å². The predicted molar refractivity (Wildman–Crippen MR) is 133 cm³/mol. The minimum atomic E-state index is -0.593. The molecule has 4 rings (SSSR count). The molecule has 2 atom stereocenters. The lowest BCUT2D eigenvalue weighted by atomic mass is 10.0. The number of thiophene rings is 1. The Morgan fingerprint density at radius 2 is 2.09 bits per heavy atom. The molecular formula is C22H27ClN6O3S2. The normalized spacial score (nSPS) is 17.4. The fourth-order valence-corrected chi connectivity index (χ4v) is 5.57. The average Bonchev–Trinajstić information content (AvgIpc) is 3.55. The number of nitrogens with one attached hydrogen (secondary N) is 1. The summed E-state index contributed by atoms with van der Waals surface area (Å²) in [7, 11) is 1.58. The minimum absolute atomic E-state index is 0.0415. The molecular weight excluding hydrogens is 496 g/mol. The predicted octanol–water partition coefficient (Wildman–Crippen LogP) is 4.13. The van der Waals surface area contributed by atoms with Crippen LogP contribution < -0.4 is 10.1 Å². The van der Waals surface area contributed by atoms with Gasteiger partial charge in [-0.1, -0.05) is 30.7 Å². The maximum Gasteiger partial charge on any atom is 0.262 e. The Morgan fingerprint density at radius 1 is 1.26 bits per heavy atom. The van der Waals surface area contributed by atoms with Crippen molar-refractivity contribution in [2.24, 2.45) is 5.92 Å². The fourth-order valence-electron chi connectivity index (χ4n) is 3.97. The van der Waals surface area contributed by atoms with Crippen LogP contribution in [0.1, 0.15) is 48.8 Å². The van der Waals surface area contributed by atoms with Crippen LogP contribution in [0.2, 0.25) is 4.34 Å². The van der Waals surface area contributed by atoms with Gasteiger partial charge in [0.25, 0.3) is 5.91 Å². The first-order valence-corrected chi connectivity index (χ1v) is 13.1. The van der Waals surface area contributed by atoms with Crippen LogP contribution in [0.5, 0.6) is 5.88 Å². The van der Waals surface area contributed by atoms with E-state index in [-0.39, 0.29) is 23.8 Å². The largest absolute Gasteiger partial charge is 0.480 e. The second-order valence-electron chi connectivity index (χ2n) is 8.53. The molecule has 0 saturated carbocycles. The van der Waals surface area contributed by atoms with Crippen molar-refractivity contribution in [3.63, 3.8) is 0 Å². The second kappa shape index (κ2) is 10.8. The molecule has 0 bridgehead atoms. The van der Waals surface area contributed by atoms with Crippen LogP contribution in [0.25, 0.3) is 10.6 Å². The molecule has 0 spiro atoms. The zero-order valence-electron chi connectivity index (χ0n) is 19.2. The summed E-state index contributed by atoms with van der Waals surface area (Å²) in [6, 6.07) is 4.76. The van der Waals surface area contributed by atoms with Gasteiger partial charge in [0.15, 0.2) is 0 Å². The zero-order valence-corrected chi connectivity index (χ0v) is 21.6. The third-order valence-corrected chi connectivity index (χ3v) is 7.88. The Hall–Kier alpha value is -2.50. The molecule has 1 N–H and O–H groups in total. The number of carbonyl (C=O) groups excluding carboxylic acids is 2. The van der Waals surface area contributed by atoms with E-state index < -0.39 is 6.04 Å². The van der Waals surface area contributed by atoms with Crippen LogP contribution in [-0.2, 0) is 4.79 Å². The Balaban J connectivity index is 1.39. The molecule has 1 aliphatic heterocycles. The highest BCUT2D eigenvalue weighted by Gasteiger charge is 2.31. The van der Waals surface area contributed by atoms with E-state index in [0.29, 0.717) is 28.2 Å². The number of carbonyl (C=O) groups is 2. The van der Waals surface area contributed by atoms with Gasteiger partial charge in [-0.2, -0.15) is 4.37 Å². The number of aromatic nitrogens is 4. The summed E-state index contributed by atoms with van der Waals surface area (Å²) >= 11 is 8.48. The van der Waals surface area contributed by atoms with Gasteiger partial charge in [-0.15, -0.1) is 16.4 Å². The second-order valence-corrected chi connectivity index (χ2v) is 11.0. The van der Waals surface area contributed by atoms with Gasteiger partial charge in [0.1, 0.15) is 11.7 Å². The molecule has 1 aliphatic rings. The Labute approximate surface area is 211 Å². The van der Waals surface area contributed by atoms with Crippen LogP contribution in [-0.4, -0.2) is 62.3 Å². The van der Waals surface area contributed by atoms with Gasteiger partial charge in [0.2, 0.25) is 11.8 Å². The topological polar surface area (TPSA) is 102 Å². The molecule has 9 nitrogen and oxygen atoms in total. The van der Waals surface area contributed by atoms with E-state index in [1.54, 1.807) is 19.2 Å². The van der Waals surface area contributed by atoms with Crippen LogP contribution in [0.3, 0.4) is 0 Å². The molecule has 3 aromatic heterocycles. The van der Waals surface area contributed by atoms with Crippen molar-refractivity contribution in [2.75, 3.05) is 20.2 Å². The van der Waals surface area contributed by atoms with E-state index in [2.05, 4.69) is 20.0 Å². The van der Waals surface area contributed by atoms with Crippen molar-refractivity contribution in [1.82, 2.24) is 29.6 Å². The van der Waals surface area contributed by atoms with Crippen molar-refractivity contribution in [2.45, 2.75) is 45.2 Å². The summed E-state index contributed by atoms with van der Waals surface area (Å²) in [5, 5.41) is 11.5. The molecule has 0 aliphatic carbocycles. The number of likely N-dealkylation sites (tertiary alicyclic amines) is 1. The molecule has 34 heavy (non-hydrogen) atoms. The van der Waals surface area contributed by atoms with E-state index in [1.807, 2.05) is 35.7 Å². The zero-order chi connectivity index (χ0) is 24.2. The molecule has 1 saturated heterocycles. The van der Waals surface area contributed by atoms with Gasteiger partial charge in [-0.25, -0.2) is 4.68 Å². The summed E-state index contributed by atoms with van der Waals surface area (Å²) in [6.45, 7) is 5.12. The highest BCUT2D eigenvalue weighted by molar-refractivity contribution is 7.18. The summed E-state index contributed by atoms with van der Waals surface area (Å²) in [5.41, 5.74) is 0.759. The third kappa shape index (κ3) is 5.59. The lowest BCUT2D eigenvalue weighted by molar-refractivity contribution is -0.134. The van der Waals surface area contributed by atoms with Gasteiger partial charge < -0.3 is 15.0 Å². The average molecular weight is 523 g/mol.